The molecule has 0 fully saturated rings. The Kier molecular flexibility index (Phi) is 6.63. The molecule has 4 rings (SSSR count). The lowest BCUT2D eigenvalue weighted by atomic mass is 10.0. The van der Waals surface area contributed by atoms with Gasteiger partial charge in [0.1, 0.15) is 11.4 Å². The summed E-state index contributed by atoms with van der Waals surface area (Å²) in [6.07, 6.45) is -1.46. The topological polar surface area (TPSA) is 88.7 Å². The molecule has 1 aliphatic rings. The summed E-state index contributed by atoms with van der Waals surface area (Å²) in [7, 11) is -3.54. The van der Waals surface area contributed by atoms with E-state index in [1.54, 1.807) is 24.3 Å². The van der Waals surface area contributed by atoms with Crippen LogP contribution in [0.15, 0.2) is 52.4 Å². The molecule has 0 spiro atoms. The number of para-hydroxylation sites is 1. The Morgan fingerprint density at radius 2 is 1.83 bits per heavy atom. The molecule has 1 aliphatic heterocycles. The molecule has 0 unspecified atom stereocenters. The van der Waals surface area contributed by atoms with E-state index in [1.165, 1.54) is 6.07 Å². The Labute approximate surface area is 202 Å². The average molecular weight is 496 g/mol. The number of rotatable bonds is 7. The number of nitrogens with zero attached hydrogens (tertiary/aromatic N) is 4. The minimum Gasteiger partial charge on any atom is -0.360 e. The van der Waals surface area contributed by atoms with Crippen LogP contribution in [-0.2, 0) is 22.7 Å². The number of fused-ring (bicyclic) bond motifs is 1. The van der Waals surface area contributed by atoms with Crippen LogP contribution in [0.25, 0.3) is 4.85 Å². The van der Waals surface area contributed by atoms with Crippen LogP contribution >= 0.6 is 0 Å². The summed E-state index contributed by atoms with van der Waals surface area (Å²) in [5.41, 5.74) is 3.03. The summed E-state index contributed by atoms with van der Waals surface area (Å²) in [6.45, 7) is 11.4. The molecule has 7 nitrogen and oxygen atoms in total. The number of aliphatic imine (C=N–C) groups is 1. The number of nitrogens with one attached hydrogen (secondary N) is 1. The number of alkyl halides is 2. The van der Waals surface area contributed by atoms with Crippen molar-refractivity contribution in [3.05, 3.63) is 76.5 Å². The molecule has 10 heteroatoms. The normalized spacial score (nSPS) is 13.0. The van der Waals surface area contributed by atoms with E-state index in [9.17, 15) is 17.2 Å². The molecule has 35 heavy (non-hydrogen) atoms. The zero-order valence-corrected chi connectivity index (χ0v) is 20.2. The maximum atomic E-state index is 13.4. The molecule has 1 N–H and O–H groups in total. The first-order valence-corrected chi connectivity index (χ1v) is 12.8. The predicted octanol–water partition coefficient (Wildman–Crippen LogP) is 5.78. The minimum atomic E-state index is -3.54. The summed E-state index contributed by atoms with van der Waals surface area (Å²) in [6, 6.07) is 11.7. The van der Waals surface area contributed by atoms with E-state index in [4.69, 9.17) is 6.57 Å². The van der Waals surface area contributed by atoms with Gasteiger partial charge >= 0.3 is 0 Å². The standard InChI is InChI=1S/C25H23F2N5O2S/c1-14(2)17-10-9-15(30-25(17)28-3)11-16-12-19(23-20(29-16)13-21(32-23)24(26)27)31-18-7-5-6-8-22(18)35(4,33)34/h5-10,12,14,24H,11,13H2,1-2,4H3,(H,29,31). The first kappa shape index (κ1) is 24.4. The fourth-order valence-corrected chi connectivity index (χ4v) is 4.77. The molecular formula is C25H23F2N5O2S. The number of aromatic nitrogens is 2. The van der Waals surface area contributed by atoms with Crippen molar-refractivity contribution in [3.8, 4) is 0 Å². The Morgan fingerprint density at radius 3 is 2.49 bits per heavy atom. The van der Waals surface area contributed by atoms with E-state index in [0.717, 1.165) is 11.8 Å². The third-order valence-electron chi connectivity index (χ3n) is 5.58. The van der Waals surface area contributed by atoms with E-state index in [0.29, 0.717) is 34.3 Å². The van der Waals surface area contributed by atoms with E-state index in [-0.39, 0.29) is 35.1 Å². The number of benzene rings is 1. The smallest absolute Gasteiger partial charge is 0.277 e. The molecule has 0 amide bonds. The van der Waals surface area contributed by atoms with Crippen molar-refractivity contribution in [2.75, 3.05) is 11.6 Å². The molecule has 1 aromatic carbocycles. The van der Waals surface area contributed by atoms with Gasteiger partial charge in [-0.25, -0.2) is 22.2 Å². The fourth-order valence-electron chi connectivity index (χ4n) is 3.92. The van der Waals surface area contributed by atoms with E-state index in [1.807, 2.05) is 26.0 Å². The van der Waals surface area contributed by atoms with Crippen molar-refractivity contribution >= 4 is 38.4 Å². The lowest BCUT2D eigenvalue weighted by molar-refractivity contribution is 0.224. The van der Waals surface area contributed by atoms with Crippen LogP contribution in [0.3, 0.4) is 0 Å². The largest absolute Gasteiger partial charge is 0.360 e. The van der Waals surface area contributed by atoms with Gasteiger partial charge in [0, 0.05) is 12.7 Å². The Balaban J connectivity index is 1.77. The van der Waals surface area contributed by atoms with Crippen LogP contribution in [0.4, 0.5) is 31.7 Å². The maximum Gasteiger partial charge on any atom is 0.277 e. The van der Waals surface area contributed by atoms with Gasteiger partial charge in [0.05, 0.1) is 39.8 Å². The highest BCUT2D eigenvalue weighted by atomic mass is 32.2. The van der Waals surface area contributed by atoms with Gasteiger partial charge in [-0.3, -0.25) is 4.98 Å². The third-order valence-corrected chi connectivity index (χ3v) is 6.74. The highest BCUT2D eigenvalue weighted by Crippen LogP contribution is 2.38. The molecule has 0 aliphatic carbocycles. The van der Waals surface area contributed by atoms with Gasteiger partial charge in [0.25, 0.3) is 12.2 Å². The van der Waals surface area contributed by atoms with Gasteiger partial charge < -0.3 is 10.2 Å². The van der Waals surface area contributed by atoms with Crippen LogP contribution in [0, 0.1) is 6.57 Å². The highest BCUT2D eigenvalue weighted by molar-refractivity contribution is 7.90. The number of halogens is 2. The van der Waals surface area contributed by atoms with Crippen molar-refractivity contribution in [2.45, 2.75) is 43.9 Å². The van der Waals surface area contributed by atoms with Crippen molar-refractivity contribution in [1.82, 2.24) is 9.97 Å². The SMILES string of the molecule is [C-]#[N+]c1nc(Cc2cc(Nc3ccccc3S(C)(=O)=O)c3c(n2)CC(C(F)F)=N3)ccc1C(C)C. The van der Waals surface area contributed by atoms with Gasteiger partial charge in [0.15, 0.2) is 9.84 Å². The summed E-state index contributed by atoms with van der Waals surface area (Å²) in [5, 5.41) is 3.07. The van der Waals surface area contributed by atoms with Gasteiger partial charge in [0.2, 0.25) is 0 Å². The van der Waals surface area contributed by atoms with Gasteiger partial charge in [-0.2, -0.15) is 0 Å². The second kappa shape index (κ2) is 9.50. The second-order valence-corrected chi connectivity index (χ2v) is 10.6. The number of sulfone groups is 1. The lowest BCUT2D eigenvalue weighted by Gasteiger charge is -2.14. The molecule has 0 saturated heterocycles. The zero-order valence-electron chi connectivity index (χ0n) is 19.4. The van der Waals surface area contributed by atoms with Crippen LogP contribution in [0.1, 0.15) is 42.4 Å². The molecule has 0 atom stereocenters. The maximum absolute atomic E-state index is 13.4. The molecule has 0 bridgehead atoms. The summed E-state index contributed by atoms with van der Waals surface area (Å²) < 4.78 is 51.3. The number of anilines is 2. The number of hydrogen-bond acceptors (Lipinski definition) is 6. The average Bonchev–Trinajstić information content (AvgIpc) is 3.23. The predicted molar refractivity (Wildman–Crippen MR) is 131 cm³/mol. The van der Waals surface area contributed by atoms with Crippen LogP contribution < -0.4 is 5.32 Å². The van der Waals surface area contributed by atoms with Gasteiger partial charge in [-0.1, -0.05) is 38.6 Å². The quantitative estimate of drug-likeness (QED) is 0.420. The monoisotopic (exact) mass is 495 g/mol. The fraction of sp³-hybridized carbons (Fsp3) is 0.280. The first-order valence-electron chi connectivity index (χ1n) is 10.9. The zero-order chi connectivity index (χ0) is 25.3. The number of pyridine rings is 2. The lowest BCUT2D eigenvalue weighted by Crippen LogP contribution is -2.10. The Morgan fingerprint density at radius 1 is 1.09 bits per heavy atom. The van der Waals surface area contributed by atoms with Crippen molar-refractivity contribution in [2.24, 2.45) is 4.99 Å². The van der Waals surface area contributed by atoms with Crippen LogP contribution in [0.2, 0.25) is 0 Å². The van der Waals surface area contributed by atoms with E-state index >= 15 is 0 Å². The van der Waals surface area contributed by atoms with Gasteiger partial charge in [-0.15, -0.1) is 4.98 Å². The van der Waals surface area contributed by atoms with E-state index < -0.39 is 16.3 Å². The summed E-state index contributed by atoms with van der Waals surface area (Å²) >= 11 is 0. The van der Waals surface area contributed by atoms with Crippen LogP contribution in [0.5, 0.6) is 0 Å². The van der Waals surface area contributed by atoms with Gasteiger partial charge in [-0.05, 0) is 35.7 Å². The van der Waals surface area contributed by atoms with Crippen molar-refractivity contribution in [3.63, 3.8) is 0 Å². The first-order chi connectivity index (χ1) is 16.6. The third kappa shape index (κ3) is 5.20. The van der Waals surface area contributed by atoms with E-state index in [2.05, 4.69) is 25.1 Å². The molecule has 2 aromatic heterocycles. The molecule has 3 heterocycles. The highest BCUT2D eigenvalue weighted by Gasteiger charge is 2.27. The molecule has 180 valence electrons. The molecule has 0 radical (unpaired) electrons. The number of hydrogen-bond donors (Lipinski definition) is 1. The van der Waals surface area contributed by atoms with Crippen molar-refractivity contribution in [1.29, 1.82) is 0 Å². The molecular weight excluding hydrogens is 472 g/mol. The molecule has 3 aromatic rings. The van der Waals surface area contributed by atoms with Crippen molar-refractivity contribution < 1.29 is 17.2 Å². The van der Waals surface area contributed by atoms with Crippen LogP contribution in [-0.4, -0.2) is 36.8 Å². The second-order valence-electron chi connectivity index (χ2n) is 8.59. The summed E-state index contributed by atoms with van der Waals surface area (Å²) in [4.78, 5) is 16.7. The summed E-state index contributed by atoms with van der Waals surface area (Å²) in [5.74, 6) is 0.469. The minimum absolute atomic E-state index is 0.0795. The Hall–Kier alpha value is -3.71. The molecule has 0 saturated carbocycles. The Bertz CT molecular complexity index is 1480.